The van der Waals surface area contributed by atoms with Crippen LogP contribution in [0, 0.1) is 0 Å². The Morgan fingerprint density at radius 2 is 0.640 bits per heavy atom. The van der Waals surface area contributed by atoms with Crippen LogP contribution in [0.25, 0.3) is 0 Å². The molecule has 4 nitrogen and oxygen atoms in total. The lowest BCUT2D eigenvalue weighted by Crippen LogP contribution is -2.10. The van der Waals surface area contributed by atoms with E-state index >= 15 is 0 Å². The van der Waals surface area contributed by atoms with Crippen LogP contribution in [0.1, 0.15) is 84.5 Å². The normalized spacial score (nSPS) is 16.4. The minimum Gasteiger partial charge on any atom is -0.246 e. The third-order valence-corrected chi connectivity index (χ3v) is 11.7. The fourth-order valence-corrected chi connectivity index (χ4v) is 8.43. The van der Waals surface area contributed by atoms with Gasteiger partial charge in [0.05, 0.1) is 0 Å². The summed E-state index contributed by atoms with van der Waals surface area (Å²) in [5.41, 5.74) is 0. The van der Waals surface area contributed by atoms with E-state index in [-0.39, 0.29) is 0 Å². The third kappa shape index (κ3) is 15.4. The van der Waals surface area contributed by atoms with Crippen molar-refractivity contribution in [2.75, 3.05) is 23.0 Å². The second-order valence-electron chi connectivity index (χ2n) is 6.21. The van der Waals surface area contributed by atoms with Crippen LogP contribution in [0.3, 0.4) is 0 Å². The molecule has 0 saturated heterocycles. The molecule has 0 aromatic heterocycles. The molecular formula is C17H36O4S4. The molecular weight excluding hydrogens is 396 g/mol. The molecule has 0 radical (unpaired) electrons. The maximum absolute atomic E-state index is 11.9. The SMILES string of the molecule is CCCCCCS(=O)S(=O)CCCCCS(=O)S(=O)CCCCCC. The van der Waals surface area contributed by atoms with E-state index in [1.54, 1.807) is 0 Å². The molecule has 0 aliphatic heterocycles. The molecule has 0 heterocycles. The second kappa shape index (κ2) is 18.0. The molecule has 4 atom stereocenters. The average Bonchev–Trinajstić information content (AvgIpc) is 2.61. The topological polar surface area (TPSA) is 68.3 Å². The first-order chi connectivity index (χ1) is 12.0. The molecule has 0 aliphatic rings. The van der Waals surface area contributed by atoms with Crippen molar-refractivity contribution in [3.63, 3.8) is 0 Å². The Morgan fingerprint density at radius 1 is 0.400 bits per heavy atom. The van der Waals surface area contributed by atoms with Crippen LogP contribution in [-0.4, -0.2) is 39.8 Å². The molecule has 152 valence electrons. The molecule has 0 fully saturated rings. The van der Waals surface area contributed by atoms with Crippen molar-refractivity contribution in [2.24, 2.45) is 0 Å². The van der Waals surface area contributed by atoms with Gasteiger partial charge in [-0.05, 0) is 25.7 Å². The van der Waals surface area contributed by atoms with Crippen LogP contribution in [0.15, 0.2) is 0 Å². The van der Waals surface area contributed by atoms with E-state index < -0.39 is 39.3 Å². The maximum atomic E-state index is 11.9. The second-order valence-corrected chi connectivity index (χ2v) is 14.7. The van der Waals surface area contributed by atoms with Gasteiger partial charge in [-0.1, -0.05) is 58.8 Å². The predicted molar refractivity (Wildman–Crippen MR) is 114 cm³/mol. The van der Waals surface area contributed by atoms with Gasteiger partial charge in [0, 0.05) is 23.0 Å². The minimum atomic E-state index is -1.26. The van der Waals surface area contributed by atoms with Crippen molar-refractivity contribution in [3.05, 3.63) is 0 Å². The highest BCUT2D eigenvalue weighted by atomic mass is 33.1. The highest BCUT2D eigenvalue weighted by molar-refractivity contribution is 8.61. The molecule has 0 rings (SSSR count). The van der Waals surface area contributed by atoms with Gasteiger partial charge in [0.1, 0.15) is 39.3 Å². The molecule has 0 amide bonds. The fourth-order valence-electron chi connectivity index (χ4n) is 2.28. The maximum Gasteiger partial charge on any atom is 0.110 e. The Labute approximate surface area is 163 Å². The lowest BCUT2D eigenvalue weighted by atomic mass is 10.2. The molecule has 0 aromatic rings. The lowest BCUT2D eigenvalue weighted by molar-refractivity contribution is 0.662. The van der Waals surface area contributed by atoms with Crippen LogP contribution in [0.2, 0.25) is 0 Å². The van der Waals surface area contributed by atoms with E-state index in [2.05, 4.69) is 13.8 Å². The number of hydrogen-bond donors (Lipinski definition) is 0. The summed E-state index contributed by atoms with van der Waals surface area (Å²) in [6.45, 7) is 4.26. The molecule has 0 N–H and O–H groups in total. The van der Waals surface area contributed by atoms with Gasteiger partial charge >= 0.3 is 0 Å². The van der Waals surface area contributed by atoms with Crippen LogP contribution in [0.4, 0.5) is 0 Å². The first kappa shape index (κ1) is 25.6. The third-order valence-electron chi connectivity index (χ3n) is 3.87. The van der Waals surface area contributed by atoms with E-state index in [1.807, 2.05) is 0 Å². The molecule has 0 bridgehead atoms. The number of hydrogen-bond acceptors (Lipinski definition) is 4. The molecule has 0 aromatic carbocycles. The van der Waals surface area contributed by atoms with Crippen LogP contribution in [0.5, 0.6) is 0 Å². The highest BCUT2D eigenvalue weighted by Gasteiger charge is 2.11. The molecule has 0 aliphatic carbocycles. The van der Waals surface area contributed by atoms with E-state index in [1.165, 1.54) is 0 Å². The van der Waals surface area contributed by atoms with Gasteiger partial charge < -0.3 is 0 Å². The monoisotopic (exact) mass is 432 g/mol. The highest BCUT2D eigenvalue weighted by Crippen LogP contribution is 2.08. The zero-order chi connectivity index (χ0) is 18.9. The molecule has 25 heavy (non-hydrogen) atoms. The standard InChI is InChI=1S/C17H36O4S4/c1-3-5-7-10-14-22(18)24(20)16-12-9-13-17-25(21)23(19)15-11-8-6-4-2/h3-17H2,1-2H3. The van der Waals surface area contributed by atoms with Gasteiger partial charge in [-0.25, -0.2) is 16.8 Å². The van der Waals surface area contributed by atoms with Crippen molar-refractivity contribution in [1.82, 2.24) is 0 Å². The van der Waals surface area contributed by atoms with Crippen molar-refractivity contribution in [1.29, 1.82) is 0 Å². The fraction of sp³-hybridized carbons (Fsp3) is 1.00. The van der Waals surface area contributed by atoms with Crippen molar-refractivity contribution in [2.45, 2.75) is 84.5 Å². The Kier molecular flexibility index (Phi) is 18.4. The summed E-state index contributed by atoms with van der Waals surface area (Å²) < 4.78 is 47.4. The summed E-state index contributed by atoms with van der Waals surface area (Å²) in [4.78, 5) is 0. The van der Waals surface area contributed by atoms with Gasteiger partial charge in [-0.15, -0.1) is 0 Å². The summed E-state index contributed by atoms with van der Waals surface area (Å²) in [6, 6.07) is 0. The van der Waals surface area contributed by atoms with Crippen molar-refractivity contribution >= 4 is 39.3 Å². The molecule has 0 spiro atoms. The summed E-state index contributed by atoms with van der Waals surface area (Å²) in [5.74, 6) is 1.97. The number of rotatable bonds is 18. The smallest absolute Gasteiger partial charge is 0.110 e. The summed E-state index contributed by atoms with van der Waals surface area (Å²) in [7, 11) is -4.99. The summed E-state index contributed by atoms with van der Waals surface area (Å²) in [5, 5.41) is 0. The lowest BCUT2D eigenvalue weighted by Gasteiger charge is -2.04. The quantitative estimate of drug-likeness (QED) is 0.241. The van der Waals surface area contributed by atoms with Gasteiger partial charge in [0.25, 0.3) is 0 Å². The predicted octanol–water partition coefficient (Wildman–Crippen LogP) is 4.14. The summed E-state index contributed by atoms with van der Waals surface area (Å²) in [6.07, 6.45) is 10.7. The van der Waals surface area contributed by atoms with E-state index in [9.17, 15) is 16.8 Å². The van der Waals surface area contributed by atoms with Gasteiger partial charge in [0.15, 0.2) is 0 Å². The Hall–Kier alpha value is 0.600. The van der Waals surface area contributed by atoms with Crippen LogP contribution in [-0.2, 0) is 39.3 Å². The summed E-state index contributed by atoms with van der Waals surface area (Å²) >= 11 is 0. The first-order valence-electron chi connectivity index (χ1n) is 9.57. The zero-order valence-corrected chi connectivity index (χ0v) is 19.1. The van der Waals surface area contributed by atoms with Crippen LogP contribution < -0.4 is 0 Å². The van der Waals surface area contributed by atoms with Gasteiger partial charge in [0.2, 0.25) is 0 Å². The van der Waals surface area contributed by atoms with E-state index in [0.717, 1.165) is 70.6 Å². The van der Waals surface area contributed by atoms with E-state index in [4.69, 9.17) is 0 Å². The minimum absolute atomic E-state index is 0.452. The van der Waals surface area contributed by atoms with Gasteiger partial charge in [-0.3, -0.25) is 0 Å². The van der Waals surface area contributed by atoms with Gasteiger partial charge in [-0.2, -0.15) is 0 Å². The Balaban J connectivity index is 3.66. The Bertz CT molecular complexity index is 389. The average molecular weight is 433 g/mol. The van der Waals surface area contributed by atoms with Crippen molar-refractivity contribution in [3.8, 4) is 0 Å². The van der Waals surface area contributed by atoms with Crippen LogP contribution >= 0.6 is 0 Å². The molecule has 4 unspecified atom stereocenters. The molecule has 0 saturated carbocycles. The van der Waals surface area contributed by atoms with Crippen molar-refractivity contribution < 1.29 is 16.8 Å². The Morgan fingerprint density at radius 3 is 0.880 bits per heavy atom. The van der Waals surface area contributed by atoms with E-state index in [0.29, 0.717) is 23.0 Å². The molecule has 8 heteroatoms. The number of unbranched alkanes of at least 4 members (excludes halogenated alkanes) is 8. The zero-order valence-electron chi connectivity index (χ0n) is 15.9. The largest absolute Gasteiger partial charge is 0.246 e. The first-order valence-corrected chi connectivity index (χ1v) is 15.9.